The Morgan fingerprint density at radius 3 is 1.96 bits per heavy atom. The molecule has 0 saturated carbocycles. The van der Waals surface area contributed by atoms with Gasteiger partial charge >= 0.3 is 0 Å². The Kier molecular flexibility index (Phi) is 5.44. The number of fused-ring (bicyclic) bond motifs is 12. The van der Waals surface area contributed by atoms with E-state index in [9.17, 15) is 0 Å². The van der Waals surface area contributed by atoms with E-state index in [1.165, 1.54) is 32.7 Å². The highest BCUT2D eigenvalue weighted by Crippen LogP contribution is 2.42. The second-order valence-corrected chi connectivity index (χ2v) is 13.5. The zero-order valence-electron chi connectivity index (χ0n) is 27.7. The van der Waals surface area contributed by atoms with E-state index in [-0.39, 0.29) is 0 Å². The van der Waals surface area contributed by atoms with Crippen LogP contribution in [0.2, 0.25) is 0 Å². The van der Waals surface area contributed by atoms with Crippen LogP contribution in [0.15, 0.2) is 173 Å². The molecular formula is C47H27N3O2. The number of benzene rings is 7. The second kappa shape index (κ2) is 10.2. The highest BCUT2D eigenvalue weighted by atomic mass is 16.3. The molecule has 0 N–H and O–H groups in total. The molecule has 0 aliphatic heterocycles. The molecule has 0 amide bonds. The Morgan fingerprint density at radius 1 is 0.385 bits per heavy atom. The smallest absolute Gasteiger partial charge is 0.153 e. The van der Waals surface area contributed by atoms with Crippen LogP contribution in [0.5, 0.6) is 0 Å². The Hall–Kier alpha value is -7.11. The lowest BCUT2D eigenvalue weighted by Crippen LogP contribution is -1.94. The van der Waals surface area contributed by atoms with Gasteiger partial charge in [0.2, 0.25) is 0 Å². The third-order valence-electron chi connectivity index (χ3n) is 10.8. The highest BCUT2D eigenvalue weighted by molar-refractivity contribution is 6.18. The van der Waals surface area contributed by atoms with Crippen molar-refractivity contribution in [3.8, 4) is 22.5 Å². The van der Waals surface area contributed by atoms with E-state index < -0.39 is 0 Å². The topological polar surface area (TPSA) is 49.0 Å². The lowest BCUT2D eigenvalue weighted by molar-refractivity contribution is 0.668. The number of pyridine rings is 1. The van der Waals surface area contributed by atoms with Gasteiger partial charge in [0.25, 0.3) is 0 Å². The molecule has 242 valence electrons. The zero-order chi connectivity index (χ0) is 33.9. The van der Waals surface area contributed by atoms with E-state index in [1.54, 1.807) is 0 Å². The van der Waals surface area contributed by atoms with Crippen LogP contribution in [0.3, 0.4) is 0 Å². The second-order valence-electron chi connectivity index (χ2n) is 13.5. The number of para-hydroxylation sites is 3. The van der Waals surface area contributed by atoms with Crippen molar-refractivity contribution in [2.75, 3.05) is 0 Å². The zero-order valence-corrected chi connectivity index (χ0v) is 27.7. The lowest BCUT2D eigenvalue weighted by Gasteiger charge is -2.10. The Bertz CT molecular complexity index is 3430. The average molecular weight is 666 g/mol. The van der Waals surface area contributed by atoms with Gasteiger partial charge in [0.05, 0.1) is 22.1 Å². The summed E-state index contributed by atoms with van der Waals surface area (Å²) in [5.74, 6) is 0. The monoisotopic (exact) mass is 665 g/mol. The van der Waals surface area contributed by atoms with Crippen LogP contribution in [-0.4, -0.2) is 14.1 Å². The fourth-order valence-electron chi connectivity index (χ4n) is 8.54. The third kappa shape index (κ3) is 3.74. The van der Waals surface area contributed by atoms with Crippen LogP contribution in [0.1, 0.15) is 0 Å². The molecule has 0 atom stereocenters. The Labute approximate surface area is 296 Å². The molecule has 0 bridgehead atoms. The predicted molar refractivity (Wildman–Crippen MR) is 213 cm³/mol. The molecule has 0 spiro atoms. The van der Waals surface area contributed by atoms with E-state index in [0.29, 0.717) is 0 Å². The van der Waals surface area contributed by atoms with E-state index >= 15 is 0 Å². The largest absolute Gasteiger partial charge is 0.456 e. The first-order valence-electron chi connectivity index (χ1n) is 17.5. The van der Waals surface area contributed by atoms with Gasteiger partial charge < -0.3 is 18.0 Å². The van der Waals surface area contributed by atoms with Gasteiger partial charge in [-0.25, -0.2) is 0 Å². The van der Waals surface area contributed by atoms with Crippen molar-refractivity contribution in [3.05, 3.63) is 164 Å². The van der Waals surface area contributed by atoms with Crippen LogP contribution in [0.25, 0.3) is 110 Å². The molecule has 0 unspecified atom stereocenters. The number of rotatable bonds is 3. The number of aromatic nitrogens is 3. The average Bonchev–Trinajstić information content (AvgIpc) is 3.94. The molecular weight excluding hydrogens is 639 g/mol. The quantitative estimate of drug-likeness (QED) is 0.189. The molecule has 5 aromatic heterocycles. The van der Waals surface area contributed by atoms with Crippen molar-refractivity contribution in [1.29, 1.82) is 0 Å². The van der Waals surface area contributed by atoms with Crippen LogP contribution >= 0.6 is 0 Å². The molecule has 12 aromatic rings. The van der Waals surface area contributed by atoms with Crippen molar-refractivity contribution in [2.45, 2.75) is 0 Å². The molecule has 0 aliphatic rings. The van der Waals surface area contributed by atoms with E-state index in [0.717, 1.165) is 77.4 Å². The van der Waals surface area contributed by atoms with E-state index in [1.807, 2.05) is 30.5 Å². The van der Waals surface area contributed by atoms with Gasteiger partial charge in [-0.15, -0.1) is 0 Å². The number of hydrogen-bond acceptors (Lipinski definition) is 3. The van der Waals surface area contributed by atoms with Gasteiger partial charge in [-0.3, -0.25) is 4.98 Å². The van der Waals surface area contributed by atoms with Crippen molar-refractivity contribution in [2.24, 2.45) is 0 Å². The number of hydrogen-bond donors (Lipinski definition) is 0. The summed E-state index contributed by atoms with van der Waals surface area (Å²) in [4.78, 5) is 4.65. The summed E-state index contributed by atoms with van der Waals surface area (Å²) >= 11 is 0. The molecule has 0 fully saturated rings. The maximum Gasteiger partial charge on any atom is 0.153 e. The minimum atomic E-state index is 0.797. The van der Waals surface area contributed by atoms with Gasteiger partial charge in [-0.1, -0.05) is 72.8 Å². The minimum Gasteiger partial charge on any atom is -0.456 e. The molecule has 5 nitrogen and oxygen atoms in total. The summed E-state index contributed by atoms with van der Waals surface area (Å²) < 4.78 is 17.2. The third-order valence-corrected chi connectivity index (χ3v) is 10.8. The lowest BCUT2D eigenvalue weighted by atomic mass is 9.98. The predicted octanol–water partition coefficient (Wildman–Crippen LogP) is 12.7. The van der Waals surface area contributed by atoms with Crippen molar-refractivity contribution in [1.82, 2.24) is 14.1 Å². The van der Waals surface area contributed by atoms with Crippen molar-refractivity contribution in [3.63, 3.8) is 0 Å². The number of nitrogens with zero attached hydrogens (tertiary/aromatic N) is 3. The number of furan rings is 2. The maximum absolute atomic E-state index is 6.31. The molecule has 5 heterocycles. The van der Waals surface area contributed by atoms with E-state index in [2.05, 4.69) is 148 Å². The first-order valence-corrected chi connectivity index (χ1v) is 17.5. The summed E-state index contributed by atoms with van der Waals surface area (Å²) in [6.45, 7) is 0. The van der Waals surface area contributed by atoms with Gasteiger partial charge in [-0.2, -0.15) is 0 Å². The summed E-state index contributed by atoms with van der Waals surface area (Å²) in [7, 11) is 0. The van der Waals surface area contributed by atoms with Crippen LogP contribution in [0, 0.1) is 0 Å². The van der Waals surface area contributed by atoms with Gasteiger partial charge in [0.1, 0.15) is 22.3 Å². The molecule has 0 saturated heterocycles. The van der Waals surface area contributed by atoms with Gasteiger partial charge in [0.15, 0.2) is 5.58 Å². The molecule has 0 aliphatic carbocycles. The maximum atomic E-state index is 6.31. The van der Waals surface area contributed by atoms with E-state index in [4.69, 9.17) is 8.83 Å². The van der Waals surface area contributed by atoms with Crippen LogP contribution in [0.4, 0.5) is 0 Å². The summed E-state index contributed by atoms with van der Waals surface area (Å²) in [5, 5.41) is 8.15. The summed E-state index contributed by atoms with van der Waals surface area (Å²) in [6, 6.07) is 56.1. The van der Waals surface area contributed by atoms with Crippen molar-refractivity contribution < 1.29 is 8.83 Å². The van der Waals surface area contributed by atoms with Gasteiger partial charge in [0, 0.05) is 61.3 Å². The minimum absolute atomic E-state index is 0.797. The molecule has 5 heteroatoms. The van der Waals surface area contributed by atoms with Crippen LogP contribution in [-0.2, 0) is 0 Å². The molecule has 52 heavy (non-hydrogen) atoms. The highest BCUT2D eigenvalue weighted by Gasteiger charge is 2.20. The standard InChI is InChI=1S/C47H27N3O2/c1-4-13-38-32(9-1)36-25-28(18-22-40(36)49(38)30-19-21-34-33-10-3-6-16-42(33)52-45(34)27-30)31-12-7-15-41-46(31)35-11-2-5-14-39(35)50(41)29-20-23-43-37(26-29)47-44(51-43)17-8-24-48-47/h1-27H. The van der Waals surface area contributed by atoms with Crippen molar-refractivity contribution >= 4 is 87.6 Å². The fraction of sp³-hybridized carbons (Fsp3) is 0. The molecule has 0 radical (unpaired) electrons. The summed E-state index contributed by atoms with van der Waals surface area (Å²) in [6.07, 6.45) is 1.82. The first-order chi connectivity index (χ1) is 25.8. The SMILES string of the molecule is c1ccc2c(c1)oc1cc(-n3c4ccccc4c4cc(-c5cccc6c5c5ccccc5n6-c5ccc6oc7cccnc7c6c5)ccc43)ccc12. The van der Waals surface area contributed by atoms with Gasteiger partial charge in [-0.05, 0) is 90.0 Å². The first kappa shape index (κ1) is 27.7. The Balaban J connectivity index is 1.08. The molecule has 7 aromatic carbocycles. The summed E-state index contributed by atoms with van der Waals surface area (Å²) in [5.41, 5.74) is 13.5. The van der Waals surface area contributed by atoms with Crippen LogP contribution < -0.4 is 0 Å². The Morgan fingerprint density at radius 2 is 1.04 bits per heavy atom. The normalized spacial score (nSPS) is 12.2. The molecule has 12 rings (SSSR count). The fourth-order valence-corrected chi connectivity index (χ4v) is 8.54.